The second kappa shape index (κ2) is 5.95. The molecule has 110 valence electrons. The number of carbonyl (C=O) groups is 1. The van der Waals surface area contributed by atoms with Crippen LogP contribution in [-0.4, -0.2) is 51.8 Å². The van der Waals surface area contributed by atoms with E-state index in [2.05, 4.69) is 27.1 Å². The van der Waals surface area contributed by atoms with Crippen molar-refractivity contribution in [3.8, 4) is 0 Å². The number of amides is 1. The third kappa shape index (κ3) is 2.89. The average molecular weight is 285 g/mol. The largest absolute Gasteiger partial charge is 0.368 e. The fraction of sp³-hybridized carbons (Fsp3) is 0.400. The maximum absolute atomic E-state index is 12.5. The van der Waals surface area contributed by atoms with Crippen LogP contribution in [0, 0.1) is 0 Å². The van der Waals surface area contributed by atoms with E-state index in [1.807, 2.05) is 30.0 Å². The summed E-state index contributed by atoms with van der Waals surface area (Å²) in [7, 11) is 0. The maximum atomic E-state index is 12.5. The number of benzene rings is 1. The molecule has 1 atom stereocenters. The van der Waals surface area contributed by atoms with Gasteiger partial charge in [-0.3, -0.25) is 4.79 Å². The summed E-state index contributed by atoms with van der Waals surface area (Å²) in [6.07, 6.45) is 3.04. The minimum absolute atomic E-state index is 0.105. The van der Waals surface area contributed by atoms with Gasteiger partial charge in [-0.25, -0.2) is 9.67 Å². The van der Waals surface area contributed by atoms with Crippen molar-refractivity contribution < 1.29 is 4.79 Å². The van der Waals surface area contributed by atoms with Crippen LogP contribution in [0.4, 0.5) is 5.69 Å². The predicted octanol–water partition coefficient (Wildman–Crippen LogP) is 1.19. The van der Waals surface area contributed by atoms with Gasteiger partial charge in [0.25, 0.3) is 0 Å². The zero-order valence-electron chi connectivity index (χ0n) is 12.1. The second-order valence-electron chi connectivity index (χ2n) is 5.20. The first-order chi connectivity index (χ1) is 10.3. The van der Waals surface area contributed by atoms with Gasteiger partial charge >= 0.3 is 0 Å². The molecule has 1 aliphatic heterocycles. The number of aromatic nitrogens is 3. The average Bonchev–Trinajstić information content (AvgIpc) is 3.09. The zero-order chi connectivity index (χ0) is 14.7. The number of hydrogen-bond donors (Lipinski definition) is 0. The van der Waals surface area contributed by atoms with Gasteiger partial charge in [-0.1, -0.05) is 18.2 Å². The number of hydrogen-bond acceptors (Lipinski definition) is 4. The Morgan fingerprint density at radius 1 is 1.14 bits per heavy atom. The molecule has 1 saturated heterocycles. The third-order valence-corrected chi connectivity index (χ3v) is 3.90. The summed E-state index contributed by atoms with van der Waals surface area (Å²) in [5.74, 6) is 0.105. The highest BCUT2D eigenvalue weighted by Crippen LogP contribution is 2.17. The molecule has 6 heteroatoms. The molecular weight excluding hydrogens is 266 g/mol. The van der Waals surface area contributed by atoms with E-state index in [0.717, 1.165) is 26.2 Å². The summed E-state index contributed by atoms with van der Waals surface area (Å²) in [4.78, 5) is 20.6. The highest BCUT2D eigenvalue weighted by molar-refractivity contribution is 5.80. The molecule has 0 bridgehead atoms. The second-order valence-corrected chi connectivity index (χ2v) is 5.20. The SMILES string of the molecule is C[C@H](C(=O)N1CCN(c2ccccc2)CC1)n1cncn1. The predicted molar refractivity (Wildman–Crippen MR) is 80.0 cm³/mol. The molecule has 0 saturated carbocycles. The summed E-state index contributed by atoms with van der Waals surface area (Å²) in [6.45, 7) is 5.07. The van der Waals surface area contributed by atoms with E-state index in [1.165, 1.54) is 12.0 Å². The molecule has 1 aromatic heterocycles. The lowest BCUT2D eigenvalue weighted by Crippen LogP contribution is -2.50. The van der Waals surface area contributed by atoms with Crippen molar-refractivity contribution in [1.29, 1.82) is 0 Å². The van der Waals surface area contributed by atoms with Gasteiger partial charge in [-0.15, -0.1) is 0 Å². The molecule has 3 rings (SSSR count). The monoisotopic (exact) mass is 285 g/mol. The molecule has 0 N–H and O–H groups in total. The summed E-state index contributed by atoms with van der Waals surface area (Å²) in [5, 5.41) is 4.04. The van der Waals surface area contributed by atoms with Crippen LogP contribution in [0.15, 0.2) is 43.0 Å². The minimum Gasteiger partial charge on any atom is -0.368 e. The maximum Gasteiger partial charge on any atom is 0.247 e. The summed E-state index contributed by atoms with van der Waals surface area (Å²) in [6, 6.07) is 10.0. The van der Waals surface area contributed by atoms with Crippen molar-refractivity contribution in [3.05, 3.63) is 43.0 Å². The molecule has 1 aromatic carbocycles. The number of rotatable bonds is 3. The number of para-hydroxylation sites is 1. The van der Waals surface area contributed by atoms with E-state index in [4.69, 9.17) is 0 Å². The molecule has 1 fully saturated rings. The van der Waals surface area contributed by atoms with Crippen LogP contribution in [0.5, 0.6) is 0 Å². The highest BCUT2D eigenvalue weighted by atomic mass is 16.2. The molecule has 0 unspecified atom stereocenters. The van der Waals surface area contributed by atoms with E-state index >= 15 is 0 Å². The number of carbonyl (C=O) groups excluding carboxylic acids is 1. The standard InChI is InChI=1S/C15H19N5O/c1-13(20-12-16-11-17-20)15(21)19-9-7-18(8-10-19)14-5-3-2-4-6-14/h2-6,11-13H,7-10H2,1H3/t13-/m1/s1. The van der Waals surface area contributed by atoms with Crippen LogP contribution in [0.2, 0.25) is 0 Å². The third-order valence-electron chi connectivity index (χ3n) is 3.90. The van der Waals surface area contributed by atoms with Gasteiger partial charge in [0.1, 0.15) is 18.7 Å². The Bertz CT molecular complexity index is 575. The van der Waals surface area contributed by atoms with Crippen molar-refractivity contribution in [2.45, 2.75) is 13.0 Å². The van der Waals surface area contributed by atoms with Crippen molar-refractivity contribution in [3.63, 3.8) is 0 Å². The zero-order valence-corrected chi connectivity index (χ0v) is 12.1. The first-order valence-electron chi connectivity index (χ1n) is 7.18. The van der Waals surface area contributed by atoms with Crippen molar-refractivity contribution >= 4 is 11.6 Å². The molecule has 1 aliphatic rings. The molecule has 2 heterocycles. The van der Waals surface area contributed by atoms with E-state index in [-0.39, 0.29) is 11.9 Å². The van der Waals surface area contributed by atoms with Gasteiger partial charge in [0, 0.05) is 31.9 Å². The molecule has 0 aliphatic carbocycles. The lowest BCUT2D eigenvalue weighted by Gasteiger charge is -2.37. The van der Waals surface area contributed by atoms with Crippen molar-refractivity contribution in [2.24, 2.45) is 0 Å². The van der Waals surface area contributed by atoms with E-state index in [1.54, 1.807) is 11.0 Å². The number of anilines is 1. The Kier molecular flexibility index (Phi) is 3.85. The lowest BCUT2D eigenvalue weighted by molar-refractivity contribution is -0.134. The number of piperazine rings is 1. The van der Waals surface area contributed by atoms with E-state index in [9.17, 15) is 4.79 Å². The minimum atomic E-state index is -0.296. The van der Waals surface area contributed by atoms with Crippen LogP contribution in [0.25, 0.3) is 0 Å². The summed E-state index contributed by atoms with van der Waals surface area (Å²) < 4.78 is 1.60. The van der Waals surface area contributed by atoms with Crippen molar-refractivity contribution in [1.82, 2.24) is 19.7 Å². The Morgan fingerprint density at radius 2 is 1.86 bits per heavy atom. The van der Waals surface area contributed by atoms with Crippen LogP contribution in [-0.2, 0) is 4.79 Å². The smallest absolute Gasteiger partial charge is 0.247 e. The molecule has 2 aromatic rings. The quantitative estimate of drug-likeness (QED) is 0.850. The van der Waals surface area contributed by atoms with Crippen LogP contribution in [0.1, 0.15) is 13.0 Å². The first kappa shape index (κ1) is 13.6. The molecule has 21 heavy (non-hydrogen) atoms. The highest BCUT2D eigenvalue weighted by Gasteiger charge is 2.26. The summed E-state index contributed by atoms with van der Waals surface area (Å²) in [5.41, 5.74) is 1.22. The van der Waals surface area contributed by atoms with Gasteiger partial charge in [0.15, 0.2) is 0 Å². The van der Waals surface area contributed by atoms with E-state index < -0.39 is 0 Å². The normalized spacial score (nSPS) is 16.8. The fourth-order valence-electron chi connectivity index (χ4n) is 2.62. The first-order valence-corrected chi connectivity index (χ1v) is 7.18. The Morgan fingerprint density at radius 3 is 2.48 bits per heavy atom. The molecule has 0 radical (unpaired) electrons. The fourth-order valence-corrected chi connectivity index (χ4v) is 2.62. The van der Waals surface area contributed by atoms with Gasteiger partial charge in [-0.05, 0) is 19.1 Å². The van der Waals surface area contributed by atoms with Crippen molar-refractivity contribution in [2.75, 3.05) is 31.1 Å². The van der Waals surface area contributed by atoms with Gasteiger partial charge in [0.2, 0.25) is 5.91 Å². The van der Waals surface area contributed by atoms with Gasteiger partial charge in [0.05, 0.1) is 0 Å². The van der Waals surface area contributed by atoms with Crippen LogP contribution < -0.4 is 4.90 Å². The molecular formula is C15H19N5O. The molecule has 0 spiro atoms. The summed E-state index contributed by atoms with van der Waals surface area (Å²) >= 11 is 0. The molecule has 6 nitrogen and oxygen atoms in total. The lowest BCUT2D eigenvalue weighted by atomic mass is 10.2. The van der Waals surface area contributed by atoms with Crippen LogP contribution in [0.3, 0.4) is 0 Å². The van der Waals surface area contributed by atoms with Gasteiger partial charge < -0.3 is 9.80 Å². The Labute approximate surface area is 124 Å². The topological polar surface area (TPSA) is 54.3 Å². The van der Waals surface area contributed by atoms with E-state index in [0.29, 0.717) is 0 Å². The molecule has 1 amide bonds. The number of nitrogens with zero attached hydrogens (tertiary/aromatic N) is 5. The van der Waals surface area contributed by atoms with Gasteiger partial charge in [-0.2, -0.15) is 5.10 Å². The Hall–Kier alpha value is -2.37. The van der Waals surface area contributed by atoms with Crippen LogP contribution >= 0.6 is 0 Å². The Balaban J connectivity index is 1.59.